The largest absolute Gasteiger partial charge is 0.436 e. The number of hydrogen-bond donors (Lipinski definition) is 0. The first kappa shape index (κ1) is 29.3. The van der Waals surface area contributed by atoms with E-state index < -0.39 is 0 Å². The molecule has 8 aromatic rings. The van der Waals surface area contributed by atoms with Gasteiger partial charge in [0.1, 0.15) is 5.35 Å². The zero-order valence-corrected chi connectivity index (χ0v) is 27.9. The number of anilines is 3. The predicted octanol–water partition coefficient (Wildman–Crippen LogP) is 10.5. The Labute approximate surface area is 295 Å². The lowest BCUT2D eigenvalue weighted by atomic mass is 9.85. The number of para-hydroxylation sites is 3. The van der Waals surface area contributed by atoms with Crippen LogP contribution in [0.2, 0.25) is 0 Å². The summed E-state index contributed by atoms with van der Waals surface area (Å²) >= 11 is 0. The molecule has 0 spiro atoms. The second kappa shape index (κ2) is 12.0. The van der Waals surface area contributed by atoms with Crippen LogP contribution in [0.4, 0.5) is 17.1 Å². The van der Waals surface area contributed by atoms with Gasteiger partial charge >= 0.3 is 0 Å². The van der Waals surface area contributed by atoms with E-state index in [-0.39, 0.29) is 5.92 Å². The highest BCUT2D eigenvalue weighted by molar-refractivity contribution is 6.09. The fourth-order valence-corrected chi connectivity index (χ4v) is 7.66. The van der Waals surface area contributed by atoms with Crippen LogP contribution in [0.1, 0.15) is 12.0 Å². The summed E-state index contributed by atoms with van der Waals surface area (Å²) in [7, 11) is 0. The van der Waals surface area contributed by atoms with Gasteiger partial charge in [-0.15, -0.1) is 0 Å². The summed E-state index contributed by atoms with van der Waals surface area (Å²) in [4.78, 5) is 7.16. The Morgan fingerprint density at radius 1 is 0.588 bits per heavy atom. The minimum absolute atomic E-state index is 0.288. The van der Waals surface area contributed by atoms with Crippen molar-refractivity contribution < 1.29 is 4.42 Å². The lowest BCUT2D eigenvalue weighted by Gasteiger charge is -2.26. The van der Waals surface area contributed by atoms with Gasteiger partial charge in [-0.05, 0) is 96.4 Å². The third-order valence-corrected chi connectivity index (χ3v) is 10.1. The first-order valence-corrected chi connectivity index (χ1v) is 17.5. The van der Waals surface area contributed by atoms with E-state index in [1.165, 1.54) is 33.0 Å². The van der Waals surface area contributed by atoms with Gasteiger partial charge in [-0.3, -0.25) is 0 Å². The van der Waals surface area contributed by atoms with Crippen molar-refractivity contribution in [2.24, 2.45) is 5.92 Å². The number of fused-ring (bicyclic) bond motifs is 5. The van der Waals surface area contributed by atoms with Crippen molar-refractivity contribution >= 4 is 56.1 Å². The summed E-state index contributed by atoms with van der Waals surface area (Å²) < 4.78 is 8.76. The van der Waals surface area contributed by atoms with Crippen LogP contribution in [0.5, 0.6) is 0 Å². The minimum Gasteiger partial charge on any atom is -0.436 e. The SMILES string of the molecule is C1=CC2CC=c3nc(-c4ccccc4)oc3=C2C=C1c1ccc(N(c2ccccc2)c2ccc(-n3c4ccccc4c4ccccc43)cc2)cc1. The highest BCUT2D eigenvalue weighted by Gasteiger charge is 2.22. The Hall–Kier alpha value is -6.65. The van der Waals surface area contributed by atoms with Gasteiger partial charge in [0.05, 0.1) is 11.0 Å². The summed E-state index contributed by atoms with van der Waals surface area (Å²) in [5, 5.41) is 3.46. The predicted molar refractivity (Wildman–Crippen MR) is 210 cm³/mol. The molecule has 10 rings (SSSR count). The van der Waals surface area contributed by atoms with E-state index in [9.17, 15) is 0 Å². The number of allylic oxidation sites excluding steroid dienone is 4. The summed E-state index contributed by atoms with van der Waals surface area (Å²) in [6.07, 6.45) is 9.96. The molecule has 2 aliphatic carbocycles. The molecular formula is C47H33N3O. The van der Waals surface area contributed by atoms with E-state index in [2.05, 4.69) is 161 Å². The molecule has 2 aromatic heterocycles. The van der Waals surface area contributed by atoms with Crippen LogP contribution in [0.15, 0.2) is 180 Å². The van der Waals surface area contributed by atoms with E-state index >= 15 is 0 Å². The molecule has 51 heavy (non-hydrogen) atoms. The van der Waals surface area contributed by atoms with Gasteiger partial charge in [0.15, 0.2) is 5.42 Å². The first-order chi connectivity index (χ1) is 25.3. The number of nitrogens with zero attached hydrogens (tertiary/aromatic N) is 3. The van der Waals surface area contributed by atoms with Crippen molar-refractivity contribution in [1.82, 2.24) is 9.55 Å². The van der Waals surface area contributed by atoms with Crippen molar-refractivity contribution in [3.8, 4) is 17.1 Å². The fourth-order valence-electron chi connectivity index (χ4n) is 7.66. The maximum absolute atomic E-state index is 6.40. The Balaban J connectivity index is 1.01. The molecule has 2 heterocycles. The van der Waals surface area contributed by atoms with Crippen LogP contribution in [-0.2, 0) is 0 Å². The van der Waals surface area contributed by atoms with Crippen LogP contribution in [-0.4, -0.2) is 9.55 Å². The van der Waals surface area contributed by atoms with E-state index in [0.29, 0.717) is 5.89 Å². The fraction of sp³-hybridized carbons (Fsp3) is 0.0426. The molecule has 0 bridgehead atoms. The molecular weight excluding hydrogens is 623 g/mol. The molecule has 0 saturated heterocycles. The third kappa shape index (κ3) is 5.03. The molecule has 6 aromatic carbocycles. The van der Waals surface area contributed by atoms with E-state index in [1.54, 1.807) is 0 Å². The standard InChI is InChI=1S/C47H33N3O/c1-3-11-34(12-4-1)47-48-43-30-23-33-19-20-35(31-42(33)46(43)51-47)32-21-24-37(25-22-32)49(36-13-5-2-6-14-36)38-26-28-39(29-27-38)50-44-17-9-7-15-40(44)41-16-8-10-18-45(41)50/h1-22,24-31,33H,23H2. The van der Waals surface area contributed by atoms with E-state index in [1.807, 2.05) is 30.3 Å². The zero-order valence-electron chi connectivity index (χ0n) is 27.9. The average molecular weight is 656 g/mol. The third-order valence-electron chi connectivity index (χ3n) is 10.1. The van der Waals surface area contributed by atoms with Gasteiger partial charge in [0.2, 0.25) is 5.89 Å². The quantitative estimate of drug-likeness (QED) is 0.179. The van der Waals surface area contributed by atoms with E-state index in [4.69, 9.17) is 9.40 Å². The molecule has 0 fully saturated rings. The van der Waals surface area contributed by atoms with Crippen LogP contribution in [0, 0.1) is 5.92 Å². The van der Waals surface area contributed by atoms with Gasteiger partial charge in [0.25, 0.3) is 0 Å². The number of rotatable bonds is 6. The van der Waals surface area contributed by atoms with Crippen molar-refractivity contribution in [3.05, 3.63) is 192 Å². The van der Waals surface area contributed by atoms with Crippen molar-refractivity contribution in [1.29, 1.82) is 0 Å². The molecule has 4 heteroatoms. The smallest absolute Gasteiger partial charge is 0.227 e. The molecule has 0 radical (unpaired) electrons. The van der Waals surface area contributed by atoms with Gasteiger partial charge < -0.3 is 13.9 Å². The number of aromatic nitrogens is 2. The van der Waals surface area contributed by atoms with Gasteiger partial charge in [-0.2, -0.15) is 0 Å². The second-order valence-corrected chi connectivity index (χ2v) is 13.2. The Kier molecular flexibility index (Phi) is 6.91. The van der Waals surface area contributed by atoms with Gasteiger partial charge in [-0.1, -0.05) is 103 Å². The van der Waals surface area contributed by atoms with Crippen LogP contribution in [0.3, 0.4) is 0 Å². The summed E-state index contributed by atoms with van der Waals surface area (Å²) in [5.41, 5.74) is 12.2. The maximum Gasteiger partial charge on any atom is 0.227 e. The number of benzene rings is 6. The molecule has 4 nitrogen and oxygen atoms in total. The number of hydrogen-bond acceptors (Lipinski definition) is 3. The van der Waals surface area contributed by atoms with Crippen molar-refractivity contribution in [2.45, 2.75) is 6.42 Å². The maximum atomic E-state index is 6.40. The molecule has 1 unspecified atom stereocenters. The zero-order chi connectivity index (χ0) is 33.7. The van der Waals surface area contributed by atoms with Crippen LogP contribution >= 0.6 is 0 Å². The molecule has 2 aliphatic rings. The topological polar surface area (TPSA) is 34.2 Å². The highest BCUT2D eigenvalue weighted by Crippen LogP contribution is 2.38. The average Bonchev–Trinajstić information content (AvgIpc) is 3.80. The minimum atomic E-state index is 0.288. The first-order valence-electron chi connectivity index (χ1n) is 17.5. The molecule has 1 atom stereocenters. The molecule has 0 aliphatic heterocycles. The summed E-state index contributed by atoms with van der Waals surface area (Å²) in [5.74, 6) is 0.958. The lowest BCUT2D eigenvalue weighted by Crippen LogP contribution is -2.31. The van der Waals surface area contributed by atoms with E-state index in [0.717, 1.165) is 51.1 Å². The lowest BCUT2D eigenvalue weighted by molar-refractivity contribution is 0.531. The van der Waals surface area contributed by atoms with Crippen LogP contribution < -0.4 is 15.7 Å². The number of oxazole rings is 1. The normalized spacial score (nSPS) is 14.9. The van der Waals surface area contributed by atoms with Gasteiger partial charge in [0, 0.05) is 50.6 Å². The molecule has 0 amide bonds. The molecule has 0 saturated carbocycles. The summed E-state index contributed by atoms with van der Waals surface area (Å²) in [6.45, 7) is 0. The van der Waals surface area contributed by atoms with Crippen LogP contribution in [0.25, 0.3) is 56.2 Å². The monoisotopic (exact) mass is 655 g/mol. The van der Waals surface area contributed by atoms with Crippen molar-refractivity contribution in [3.63, 3.8) is 0 Å². The summed E-state index contributed by atoms with van der Waals surface area (Å²) in [6, 6.07) is 55.8. The highest BCUT2D eigenvalue weighted by atomic mass is 16.3. The Morgan fingerprint density at radius 2 is 1.18 bits per heavy atom. The molecule has 0 N–H and O–H groups in total. The Bertz CT molecular complexity index is 2700. The van der Waals surface area contributed by atoms with Gasteiger partial charge in [-0.25, -0.2) is 4.98 Å². The Morgan fingerprint density at radius 3 is 1.86 bits per heavy atom. The second-order valence-electron chi connectivity index (χ2n) is 13.2. The molecule has 242 valence electrons. The van der Waals surface area contributed by atoms with Crippen molar-refractivity contribution in [2.75, 3.05) is 4.90 Å².